The SMILES string of the molecule is O=C(CSCc1nc2sc3c(c2c(=O)[nH]1)CCC3)NCC(c1cccs1)N1CCCC1. The van der Waals surface area contributed by atoms with Gasteiger partial charge in [-0.2, -0.15) is 0 Å². The van der Waals surface area contributed by atoms with Gasteiger partial charge in [-0.1, -0.05) is 6.07 Å². The number of thiophene rings is 2. The zero-order valence-electron chi connectivity index (χ0n) is 17.3. The molecule has 1 saturated heterocycles. The summed E-state index contributed by atoms with van der Waals surface area (Å²) in [7, 11) is 0. The van der Waals surface area contributed by atoms with Crippen molar-refractivity contribution in [1.82, 2.24) is 20.2 Å². The summed E-state index contributed by atoms with van der Waals surface area (Å²) < 4.78 is 0. The van der Waals surface area contributed by atoms with Gasteiger partial charge in [0.25, 0.3) is 5.56 Å². The molecule has 0 aromatic carbocycles. The second-order valence-electron chi connectivity index (χ2n) is 8.12. The lowest BCUT2D eigenvalue weighted by molar-refractivity contribution is -0.118. The minimum atomic E-state index is -0.0335. The molecule has 0 bridgehead atoms. The highest BCUT2D eigenvalue weighted by Crippen LogP contribution is 2.34. The van der Waals surface area contributed by atoms with Gasteiger partial charge < -0.3 is 10.3 Å². The van der Waals surface area contributed by atoms with Crippen molar-refractivity contribution in [3.8, 4) is 0 Å². The normalized spacial score (nSPS) is 17.3. The second kappa shape index (κ2) is 9.44. The molecule has 2 N–H and O–H groups in total. The van der Waals surface area contributed by atoms with E-state index in [2.05, 4.69) is 37.7 Å². The highest BCUT2D eigenvalue weighted by molar-refractivity contribution is 7.99. The Morgan fingerprint density at radius 3 is 2.97 bits per heavy atom. The number of nitrogens with one attached hydrogen (secondary N) is 2. The largest absolute Gasteiger partial charge is 0.353 e. The topological polar surface area (TPSA) is 78.1 Å². The van der Waals surface area contributed by atoms with Gasteiger partial charge >= 0.3 is 0 Å². The van der Waals surface area contributed by atoms with Crippen LogP contribution in [0.1, 0.15) is 46.4 Å². The van der Waals surface area contributed by atoms with Crippen LogP contribution in [0.25, 0.3) is 10.2 Å². The number of hydrogen-bond donors (Lipinski definition) is 2. The van der Waals surface area contributed by atoms with E-state index in [4.69, 9.17) is 0 Å². The number of fused-ring (bicyclic) bond motifs is 3. The van der Waals surface area contributed by atoms with Crippen LogP contribution in [0.15, 0.2) is 22.3 Å². The van der Waals surface area contributed by atoms with Crippen LogP contribution >= 0.6 is 34.4 Å². The van der Waals surface area contributed by atoms with E-state index in [-0.39, 0.29) is 17.5 Å². The molecule has 4 heterocycles. The number of aromatic amines is 1. The number of H-pyrrole nitrogens is 1. The summed E-state index contributed by atoms with van der Waals surface area (Å²) in [6.45, 7) is 2.84. The van der Waals surface area contributed by atoms with Crippen LogP contribution in [0.4, 0.5) is 0 Å². The summed E-state index contributed by atoms with van der Waals surface area (Å²) in [5.41, 5.74) is 1.17. The number of hydrogen-bond acceptors (Lipinski definition) is 7. The van der Waals surface area contributed by atoms with E-state index in [0.29, 0.717) is 23.9 Å². The maximum Gasteiger partial charge on any atom is 0.259 e. The van der Waals surface area contributed by atoms with Crippen LogP contribution < -0.4 is 10.9 Å². The molecule has 1 atom stereocenters. The third kappa shape index (κ3) is 4.60. The fourth-order valence-corrected chi connectivity index (χ4v) is 7.42. The first-order valence-corrected chi connectivity index (χ1v) is 13.7. The molecule has 1 aliphatic carbocycles. The molecule has 1 amide bonds. The molecular weight excluding hydrogens is 448 g/mol. The molecule has 0 saturated carbocycles. The van der Waals surface area contributed by atoms with E-state index in [0.717, 1.165) is 42.6 Å². The Morgan fingerprint density at radius 2 is 2.16 bits per heavy atom. The summed E-state index contributed by atoms with van der Waals surface area (Å²) in [5.74, 6) is 1.58. The van der Waals surface area contributed by atoms with Gasteiger partial charge in [-0.05, 0) is 62.2 Å². The molecule has 9 heteroatoms. The van der Waals surface area contributed by atoms with Gasteiger partial charge in [0.2, 0.25) is 5.91 Å². The summed E-state index contributed by atoms with van der Waals surface area (Å²) in [4.78, 5) is 38.5. The summed E-state index contributed by atoms with van der Waals surface area (Å²) in [6.07, 6.45) is 5.64. The number of nitrogens with zero attached hydrogens (tertiary/aromatic N) is 2. The quantitative estimate of drug-likeness (QED) is 0.520. The Kier molecular flexibility index (Phi) is 6.45. The fraction of sp³-hybridized carbons (Fsp3) is 0.500. The monoisotopic (exact) mass is 474 g/mol. The summed E-state index contributed by atoms with van der Waals surface area (Å²) in [6, 6.07) is 4.50. The molecule has 1 aliphatic heterocycles. The first kappa shape index (κ1) is 21.2. The lowest BCUT2D eigenvalue weighted by atomic mass is 10.2. The average Bonchev–Trinajstić information content (AvgIpc) is 3.53. The lowest BCUT2D eigenvalue weighted by Crippen LogP contribution is -2.37. The van der Waals surface area contributed by atoms with E-state index in [1.165, 1.54) is 39.9 Å². The van der Waals surface area contributed by atoms with Crippen LogP contribution in [0.3, 0.4) is 0 Å². The Morgan fingerprint density at radius 1 is 1.29 bits per heavy atom. The highest BCUT2D eigenvalue weighted by atomic mass is 32.2. The van der Waals surface area contributed by atoms with Crippen LogP contribution in [0, 0.1) is 0 Å². The minimum absolute atomic E-state index is 0.0317. The molecule has 164 valence electrons. The zero-order chi connectivity index (χ0) is 21.2. The predicted molar refractivity (Wildman–Crippen MR) is 129 cm³/mol. The molecule has 1 fully saturated rings. The van der Waals surface area contributed by atoms with Gasteiger partial charge in [-0.25, -0.2) is 4.98 Å². The van der Waals surface area contributed by atoms with E-state index >= 15 is 0 Å². The Bertz CT molecular complexity index is 1120. The van der Waals surface area contributed by atoms with Crippen LogP contribution in [-0.4, -0.2) is 46.2 Å². The van der Waals surface area contributed by atoms with Gasteiger partial charge in [0, 0.05) is 16.3 Å². The van der Waals surface area contributed by atoms with Crippen LogP contribution in [0.5, 0.6) is 0 Å². The van der Waals surface area contributed by atoms with Crippen molar-refractivity contribution in [2.45, 2.75) is 43.9 Å². The van der Waals surface area contributed by atoms with E-state index in [9.17, 15) is 9.59 Å². The molecule has 1 unspecified atom stereocenters. The summed E-state index contributed by atoms with van der Waals surface area (Å²) >= 11 is 4.90. The van der Waals surface area contributed by atoms with Crippen LogP contribution in [0.2, 0.25) is 0 Å². The first-order chi connectivity index (χ1) is 15.2. The van der Waals surface area contributed by atoms with Gasteiger partial charge in [-0.3, -0.25) is 14.5 Å². The van der Waals surface area contributed by atoms with Crippen molar-refractivity contribution >= 4 is 50.6 Å². The Balaban J connectivity index is 1.15. The van der Waals surface area contributed by atoms with Crippen molar-refractivity contribution < 1.29 is 4.79 Å². The average molecular weight is 475 g/mol. The number of likely N-dealkylation sites (tertiary alicyclic amines) is 1. The molecule has 0 spiro atoms. The van der Waals surface area contributed by atoms with Crippen molar-refractivity contribution in [1.29, 1.82) is 0 Å². The third-order valence-corrected chi connectivity index (χ3v) is 9.14. The maximum atomic E-state index is 12.6. The van der Waals surface area contributed by atoms with E-state index in [1.807, 2.05) is 0 Å². The van der Waals surface area contributed by atoms with Gasteiger partial charge in [0.1, 0.15) is 10.7 Å². The Labute approximate surface area is 193 Å². The third-order valence-electron chi connectivity index (χ3n) is 6.04. The molecule has 31 heavy (non-hydrogen) atoms. The molecule has 2 aliphatic rings. The number of aromatic nitrogens is 2. The zero-order valence-corrected chi connectivity index (χ0v) is 19.8. The molecular formula is C22H26N4O2S3. The number of thioether (sulfide) groups is 1. The van der Waals surface area contributed by atoms with Crippen LogP contribution in [-0.2, 0) is 23.4 Å². The van der Waals surface area contributed by atoms with Crippen molar-refractivity contribution in [3.63, 3.8) is 0 Å². The molecule has 0 radical (unpaired) electrons. The van der Waals surface area contributed by atoms with Gasteiger partial charge in [-0.15, -0.1) is 34.4 Å². The number of aryl methyl sites for hydroxylation is 2. The van der Waals surface area contributed by atoms with Gasteiger partial charge in [0.15, 0.2) is 0 Å². The molecule has 3 aromatic heterocycles. The lowest BCUT2D eigenvalue weighted by Gasteiger charge is -2.26. The number of carbonyl (C=O) groups is 1. The molecule has 5 rings (SSSR count). The number of rotatable bonds is 8. The van der Waals surface area contributed by atoms with E-state index < -0.39 is 0 Å². The smallest absolute Gasteiger partial charge is 0.259 e. The summed E-state index contributed by atoms with van der Waals surface area (Å²) in [5, 5.41) is 6.00. The Hall–Kier alpha value is -1.68. The minimum Gasteiger partial charge on any atom is -0.353 e. The fourth-order valence-electron chi connectivity index (χ4n) is 4.56. The van der Waals surface area contributed by atoms with Crippen molar-refractivity contribution in [2.24, 2.45) is 0 Å². The maximum absolute atomic E-state index is 12.6. The highest BCUT2D eigenvalue weighted by Gasteiger charge is 2.25. The first-order valence-electron chi connectivity index (χ1n) is 10.8. The van der Waals surface area contributed by atoms with Gasteiger partial charge in [0.05, 0.1) is 22.9 Å². The predicted octanol–water partition coefficient (Wildman–Crippen LogP) is 3.72. The standard InChI is InChI=1S/C22H26N4O2S3/c27-19(23-11-15(17-7-4-10-30-17)26-8-1-2-9-26)13-29-12-18-24-21(28)20-14-5-3-6-16(14)31-22(20)25-18/h4,7,10,15H,1-3,5-6,8-9,11-13H2,(H,23,27)(H,24,25,28). The van der Waals surface area contributed by atoms with Crippen molar-refractivity contribution in [3.05, 3.63) is 49.0 Å². The second-order valence-corrected chi connectivity index (χ2v) is 11.2. The van der Waals surface area contributed by atoms with E-state index in [1.54, 1.807) is 22.7 Å². The number of amides is 1. The van der Waals surface area contributed by atoms with Crippen molar-refractivity contribution in [2.75, 3.05) is 25.4 Å². The number of carbonyl (C=O) groups excluding carboxylic acids is 1. The molecule has 3 aromatic rings. The molecule has 6 nitrogen and oxygen atoms in total.